The van der Waals surface area contributed by atoms with Gasteiger partial charge in [0.05, 0.1) is 0 Å². The molecular weight excluding hydrogens is 198 g/mol. The van der Waals surface area contributed by atoms with Crippen molar-refractivity contribution < 1.29 is 9.90 Å². The van der Waals surface area contributed by atoms with Gasteiger partial charge in [0.1, 0.15) is 5.75 Å². The second-order valence-electron chi connectivity index (χ2n) is 3.12. The van der Waals surface area contributed by atoms with E-state index in [4.69, 9.17) is 0 Å². The van der Waals surface area contributed by atoms with E-state index >= 15 is 0 Å². The van der Waals surface area contributed by atoms with Crippen LogP contribution < -0.4 is 0 Å². The molecule has 0 aliphatic carbocycles. The number of phenolic OH excluding ortho intramolecular Hbond substituents is 1. The Bertz CT molecular complexity index is 350. The lowest BCUT2D eigenvalue weighted by Gasteiger charge is -2.11. The minimum Gasteiger partial charge on any atom is -0.508 e. The molecule has 1 N–H and O–H groups in total. The fourth-order valence-electron chi connectivity index (χ4n) is 1.08. The molecule has 3 nitrogen and oxygen atoms in total. The Labute approximate surface area is 87.7 Å². The largest absolute Gasteiger partial charge is 0.508 e. The smallest absolute Gasteiger partial charge is 0.253 e. The number of carbonyl (C=O) groups is 1. The van der Waals surface area contributed by atoms with Gasteiger partial charge in [-0.3, -0.25) is 4.79 Å². The zero-order valence-electron chi connectivity index (χ0n) is 8.44. The van der Waals surface area contributed by atoms with Crippen LogP contribution in [0, 0.1) is 0 Å². The van der Waals surface area contributed by atoms with Gasteiger partial charge in [-0.05, 0) is 24.5 Å². The average Bonchev–Trinajstić information content (AvgIpc) is 2.15. The number of rotatable bonds is 2. The molecule has 1 aromatic rings. The molecule has 0 saturated heterocycles. The molecule has 0 spiro atoms. The Balaban J connectivity index is 3.09. The fraction of sp³-hybridized carbons (Fsp3) is 0.300. The monoisotopic (exact) mass is 211 g/mol. The van der Waals surface area contributed by atoms with Gasteiger partial charge in [-0.25, -0.2) is 0 Å². The number of carbonyl (C=O) groups excluding carboxylic acids is 1. The van der Waals surface area contributed by atoms with E-state index in [-0.39, 0.29) is 11.7 Å². The lowest BCUT2D eigenvalue weighted by Crippen LogP contribution is -2.21. The number of amides is 1. The summed E-state index contributed by atoms with van der Waals surface area (Å²) in [6, 6.07) is 4.88. The number of hydrogen-bond acceptors (Lipinski definition) is 3. The first kappa shape index (κ1) is 10.9. The maximum Gasteiger partial charge on any atom is 0.253 e. The second-order valence-corrected chi connectivity index (χ2v) is 4.00. The molecule has 0 saturated carbocycles. The van der Waals surface area contributed by atoms with E-state index in [1.807, 2.05) is 6.26 Å². The molecule has 1 aromatic carbocycles. The van der Waals surface area contributed by atoms with Crippen LogP contribution in [-0.4, -0.2) is 36.3 Å². The highest BCUT2D eigenvalue weighted by molar-refractivity contribution is 7.98. The van der Waals surface area contributed by atoms with Crippen molar-refractivity contribution in [3.63, 3.8) is 0 Å². The van der Waals surface area contributed by atoms with Crippen molar-refractivity contribution in [2.45, 2.75) is 4.90 Å². The van der Waals surface area contributed by atoms with Gasteiger partial charge in [0.2, 0.25) is 0 Å². The van der Waals surface area contributed by atoms with E-state index in [1.165, 1.54) is 22.7 Å². The van der Waals surface area contributed by atoms with Crippen LogP contribution in [0.1, 0.15) is 10.4 Å². The van der Waals surface area contributed by atoms with Crippen LogP contribution in [0.2, 0.25) is 0 Å². The van der Waals surface area contributed by atoms with Gasteiger partial charge in [-0.1, -0.05) is 0 Å². The number of nitrogens with zero attached hydrogens (tertiary/aromatic N) is 1. The zero-order valence-corrected chi connectivity index (χ0v) is 9.26. The van der Waals surface area contributed by atoms with Gasteiger partial charge >= 0.3 is 0 Å². The van der Waals surface area contributed by atoms with E-state index < -0.39 is 0 Å². The molecule has 1 rings (SSSR count). The summed E-state index contributed by atoms with van der Waals surface area (Å²) in [7, 11) is 3.37. The Morgan fingerprint density at radius 2 is 2.00 bits per heavy atom. The van der Waals surface area contributed by atoms with Gasteiger partial charge in [-0.15, -0.1) is 11.8 Å². The van der Waals surface area contributed by atoms with Crippen molar-refractivity contribution in [1.29, 1.82) is 0 Å². The summed E-state index contributed by atoms with van der Waals surface area (Å²) >= 11 is 1.50. The first-order valence-corrected chi connectivity index (χ1v) is 5.36. The number of thioether (sulfide) groups is 1. The highest BCUT2D eigenvalue weighted by atomic mass is 32.2. The van der Waals surface area contributed by atoms with E-state index in [1.54, 1.807) is 26.2 Å². The first-order chi connectivity index (χ1) is 6.54. The van der Waals surface area contributed by atoms with E-state index in [0.29, 0.717) is 5.56 Å². The predicted octanol–water partition coefficient (Wildman–Crippen LogP) is 1.82. The first-order valence-electron chi connectivity index (χ1n) is 4.14. The third kappa shape index (κ3) is 2.42. The van der Waals surface area contributed by atoms with Crippen LogP contribution in [0.4, 0.5) is 0 Å². The lowest BCUT2D eigenvalue weighted by atomic mass is 10.2. The maximum atomic E-state index is 11.6. The Morgan fingerprint density at radius 1 is 1.36 bits per heavy atom. The van der Waals surface area contributed by atoms with Crippen LogP contribution in [-0.2, 0) is 0 Å². The SMILES string of the molecule is CSc1cc(O)cc(C(=O)N(C)C)c1. The fourth-order valence-corrected chi connectivity index (χ4v) is 1.57. The predicted molar refractivity (Wildman–Crippen MR) is 57.9 cm³/mol. The van der Waals surface area contributed by atoms with Gasteiger partial charge in [0, 0.05) is 24.6 Å². The van der Waals surface area contributed by atoms with E-state index in [9.17, 15) is 9.90 Å². The van der Waals surface area contributed by atoms with E-state index in [2.05, 4.69) is 0 Å². The molecule has 76 valence electrons. The van der Waals surface area contributed by atoms with Crippen LogP contribution >= 0.6 is 11.8 Å². The van der Waals surface area contributed by atoms with Crippen molar-refractivity contribution in [2.24, 2.45) is 0 Å². The second kappa shape index (κ2) is 4.37. The molecular formula is C10H13NO2S. The summed E-state index contributed by atoms with van der Waals surface area (Å²) in [5.74, 6) is 0.0262. The van der Waals surface area contributed by atoms with Crippen molar-refractivity contribution in [1.82, 2.24) is 4.90 Å². The molecule has 0 fully saturated rings. The minimum atomic E-state index is -0.101. The molecule has 0 unspecified atom stereocenters. The number of benzene rings is 1. The molecule has 0 heterocycles. The topological polar surface area (TPSA) is 40.5 Å². The van der Waals surface area contributed by atoms with Crippen molar-refractivity contribution in [3.8, 4) is 5.75 Å². The standard InChI is InChI=1S/C10H13NO2S/c1-11(2)10(13)7-4-8(12)6-9(5-7)14-3/h4-6,12H,1-3H3. The van der Waals surface area contributed by atoms with Gasteiger partial charge in [-0.2, -0.15) is 0 Å². The van der Waals surface area contributed by atoms with Crippen molar-refractivity contribution >= 4 is 17.7 Å². The summed E-state index contributed by atoms with van der Waals surface area (Å²) in [4.78, 5) is 13.9. The Kier molecular flexibility index (Phi) is 3.41. The molecule has 0 bridgehead atoms. The molecule has 0 radical (unpaired) electrons. The van der Waals surface area contributed by atoms with Gasteiger partial charge in [0.25, 0.3) is 5.91 Å². The molecule has 0 atom stereocenters. The van der Waals surface area contributed by atoms with Crippen LogP contribution in [0.3, 0.4) is 0 Å². The average molecular weight is 211 g/mol. The highest BCUT2D eigenvalue weighted by Gasteiger charge is 2.09. The summed E-state index contributed by atoms with van der Waals surface area (Å²) in [5.41, 5.74) is 0.513. The minimum absolute atomic E-state index is 0.101. The molecule has 1 amide bonds. The lowest BCUT2D eigenvalue weighted by molar-refractivity contribution is 0.0827. The van der Waals surface area contributed by atoms with Crippen molar-refractivity contribution in [3.05, 3.63) is 23.8 Å². The van der Waals surface area contributed by atoms with Crippen molar-refractivity contribution in [2.75, 3.05) is 20.4 Å². The zero-order chi connectivity index (χ0) is 10.7. The van der Waals surface area contributed by atoms with Gasteiger partial charge in [0.15, 0.2) is 0 Å². The molecule has 4 heteroatoms. The number of aromatic hydroxyl groups is 1. The Morgan fingerprint density at radius 3 is 2.50 bits per heavy atom. The number of phenols is 1. The summed E-state index contributed by atoms with van der Waals surface area (Å²) in [6.45, 7) is 0. The third-order valence-electron chi connectivity index (χ3n) is 1.78. The summed E-state index contributed by atoms with van der Waals surface area (Å²) in [6.07, 6.45) is 1.90. The maximum absolute atomic E-state index is 11.6. The molecule has 0 aromatic heterocycles. The normalized spacial score (nSPS) is 9.93. The summed E-state index contributed by atoms with van der Waals surface area (Å²) in [5, 5.41) is 9.37. The van der Waals surface area contributed by atoms with E-state index in [0.717, 1.165) is 4.90 Å². The van der Waals surface area contributed by atoms with Crippen LogP contribution in [0.15, 0.2) is 23.1 Å². The van der Waals surface area contributed by atoms with Crippen LogP contribution in [0.5, 0.6) is 5.75 Å². The van der Waals surface area contributed by atoms with Crippen LogP contribution in [0.25, 0.3) is 0 Å². The molecule has 14 heavy (non-hydrogen) atoms. The highest BCUT2D eigenvalue weighted by Crippen LogP contribution is 2.23. The Hall–Kier alpha value is -1.16. The number of hydrogen-bond donors (Lipinski definition) is 1. The summed E-state index contributed by atoms with van der Waals surface area (Å²) < 4.78 is 0. The third-order valence-corrected chi connectivity index (χ3v) is 2.49. The quantitative estimate of drug-likeness (QED) is 0.758. The molecule has 0 aliphatic heterocycles. The molecule has 0 aliphatic rings. The van der Waals surface area contributed by atoms with Gasteiger partial charge < -0.3 is 10.0 Å².